The maximum Gasteiger partial charge on any atom is 0.108 e. The third kappa shape index (κ3) is 2.46. The summed E-state index contributed by atoms with van der Waals surface area (Å²) >= 11 is 0. The average Bonchev–Trinajstić information content (AvgIpc) is 2.18. The molecule has 1 rings (SSSR count). The van der Waals surface area contributed by atoms with Gasteiger partial charge >= 0.3 is 0 Å². The summed E-state index contributed by atoms with van der Waals surface area (Å²) in [5, 5.41) is 0. The molecule has 0 aliphatic carbocycles. The lowest BCUT2D eigenvalue weighted by Crippen LogP contribution is -2.21. The Morgan fingerprint density at radius 3 is 2.21 bits per heavy atom. The molecule has 1 atom stereocenters. The zero-order chi connectivity index (χ0) is 10.6. The van der Waals surface area contributed by atoms with Gasteiger partial charge in [-0.05, 0) is 26.3 Å². The van der Waals surface area contributed by atoms with Gasteiger partial charge in [-0.15, -0.1) is 0 Å². The molecule has 0 N–H and O–H groups in total. The molecular weight excluding hydrogens is 172 g/mol. The van der Waals surface area contributed by atoms with E-state index < -0.39 is 0 Å². The summed E-state index contributed by atoms with van der Waals surface area (Å²) in [5.74, 6) is 0. The first-order valence-corrected chi connectivity index (χ1v) is 4.85. The number of allylic oxidation sites excluding steroid dienone is 1. The predicted molar refractivity (Wildman–Crippen MR) is 60.2 cm³/mol. The fraction of sp³-hybridized carbons (Fsp3) is 0.385. The highest BCUT2D eigenvalue weighted by Crippen LogP contribution is 2.27. The normalized spacial score (nSPS) is 14.6. The van der Waals surface area contributed by atoms with E-state index in [0.29, 0.717) is 0 Å². The van der Waals surface area contributed by atoms with Crippen molar-refractivity contribution >= 4 is 0 Å². The minimum atomic E-state index is -0.305. The van der Waals surface area contributed by atoms with Crippen LogP contribution in [0.2, 0.25) is 0 Å². The molecule has 1 aromatic carbocycles. The summed E-state index contributed by atoms with van der Waals surface area (Å²) in [4.78, 5) is 0. The minimum Gasteiger partial charge on any atom is -0.370 e. The molecule has 1 aromatic rings. The van der Waals surface area contributed by atoms with Gasteiger partial charge in [0.25, 0.3) is 0 Å². The van der Waals surface area contributed by atoms with Gasteiger partial charge in [0, 0.05) is 7.11 Å². The largest absolute Gasteiger partial charge is 0.370 e. The van der Waals surface area contributed by atoms with E-state index in [9.17, 15) is 0 Å². The van der Waals surface area contributed by atoms with Gasteiger partial charge in [-0.3, -0.25) is 0 Å². The third-order valence-corrected chi connectivity index (χ3v) is 2.34. The summed E-state index contributed by atoms with van der Waals surface area (Å²) in [6.07, 6.45) is 2.14. The smallest absolute Gasteiger partial charge is 0.108 e. The molecule has 0 aliphatic heterocycles. The van der Waals surface area contributed by atoms with Gasteiger partial charge in [0.1, 0.15) is 5.60 Å². The van der Waals surface area contributed by atoms with E-state index in [-0.39, 0.29) is 5.60 Å². The Hall–Kier alpha value is -1.08. The highest BCUT2D eigenvalue weighted by Gasteiger charge is 2.22. The number of methoxy groups -OCH3 is 1. The molecule has 0 aliphatic rings. The second-order valence-electron chi connectivity index (χ2n) is 3.90. The molecule has 0 amide bonds. The monoisotopic (exact) mass is 190 g/mol. The molecule has 1 nitrogen and oxygen atoms in total. The first kappa shape index (κ1) is 11.0. The van der Waals surface area contributed by atoms with E-state index in [0.717, 1.165) is 0 Å². The van der Waals surface area contributed by atoms with Crippen LogP contribution in [0.4, 0.5) is 0 Å². The van der Waals surface area contributed by atoms with E-state index in [1.165, 1.54) is 11.1 Å². The average molecular weight is 190 g/mol. The quantitative estimate of drug-likeness (QED) is 0.663. The maximum absolute atomic E-state index is 5.56. The molecule has 0 bridgehead atoms. The van der Waals surface area contributed by atoms with E-state index in [1.54, 1.807) is 7.11 Å². The highest BCUT2D eigenvalue weighted by atomic mass is 16.5. The molecule has 0 heterocycles. The number of hydrogen-bond acceptors (Lipinski definition) is 1. The molecule has 0 radical (unpaired) electrons. The standard InChI is InChI=1S/C13H18O/c1-11(2)10-13(3,14-4)12-8-6-5-7-9-12/h5-10H,1-4H3. The van der Waals surface area contributed by atoms with Crippen LogP contribution in [0.3, 0.4) is 0 Å². The summed E-state index contributed by atoms with van der Waals surface area (Å²) in [7, 11) is 1.74. The fourth-order valence-corrected chi connectivity index (χ4v) is 1.58. The second-order valence-corrected chi connectivity index (χ2v) is 3.90. The summed E-state index contributed by atoms with van der Waals surface area (Å²) < 4.78 is 5.56. The summed E-state index contributed by atoms with van der Waals surface area (Å²) in [6.45, 7) is 6.25. The zero-order valence-corrected chi connectivity index (χ0v) is 9.37. The predicted octanol–water partition coefficient (Wildman–Crippen LogP) is 3.51. The molecule has 1 heteroatoms. The van der Waals surface area contributed by atoms with Crippen LogP contribution >= 0.6 is 0 Å². The first-order valence-electron chi connectivity index (χ1n) is 4.85. The van der Waals surface area contributed by atoms with Crippen LogP contribution < -0.4 is 0 Å². The van der Waals surface area contributed by atoms with Crippen LogP contribution in [0.15, 0.2) is 42.0 Å². The molecule has 0 fully saturated rings. The van der Waals surface area contributed by atoms with Crippen molar-refractivity contribution in [2.75, 3.05) is 7.11 Å². The van der Waals surface area contributed by atoms with Crippen molar-refractivity contribution in [1.29, 1.82) is 0 Å². The zero-order valence-electron chi connectivity index (χ0n) is 9.37. The molecular formula is C13H18O. The first-order chi connectivity index (χ1) is 6.58. The SMILES string of the molecule is COC(C)(C=C(C)C)c1ccccc1. The molecule has 0 spiro atoms. The molecule has 76 valence electrons. The van der Waals surface area contributed by atoms with Gasteiger partial charge in [0.05, 0.1) is 0 Å². The van der Waals surface area contributed by atoms with Gasteiger partial charge in [-0.25, -0.2) is 0 Å². The fourth-order valence-electron chi connectivity index (χ4n) is 1.58. The van der Waals surface area contributed by atoms with Gasteiger partial charge < -0.3 is 4.74 Å². The Kier molecular flexibility index (Phi) is 3.48. The topological polar surface area (TPSA) is 9.23 Å². The third-order valence-electron chi connectivity index (χ3n) is 2.34. The molecule has 0 aromatic heterocycles. The Morgan fingerprint density at radius 1 is 1.21 bits per heavy atom. The van der Waals surface area contributed by atoms with Gasteiger partial charge in [-0.1, -0.05) is 42.0 Å². The van der Waals surface area contributed by atoms with Crippen molar-refractivity contribution in [3.8, 4) is 0 Å². The van der Waals surface area contributed by atoms with Crippen molar-refractivity contribution in [3.63, 3.8) is 0 Å². The number of hydrogen-bond donors (Lipinski definition) is 0. The number of ether oxygens (including phenoxy) is 1. The van der Waals surface area contributed by atoms with Gasteiger partial charge in [0.2, 0.25) is 0 Å². The van der Waals surface area contributed by atoms with Crippen LogP contribution in [0.1, 0.15) is 26.3 Å². The summed E-state index contributed by atoms with van der Waals surface area (Å²) in [5.41, 5.74) is 2.14. The van der Waals surface area contributed by atoms with Crippen LogP contribution in [0.25, 0.3) is 0 Å². The van der Waals surface area contributed by atoms with Crippen molar-refractivity contribution in [2.45, 2.75) is 26.4 Å². The maximum atomic E-state index is 5.56. The molecule has 0 saturated carbocycles. The lowest BCUT2D eigenvalue weighted by atomic mass is 9.94. The number of benzene rings is 1. The highest BCUT2D eigenvalue weighted by molar-refractivity contribution is 5.27. The lowest BCUT2D eigenvalue weighted by molar-refractivity contribution is 0.0455. The van der Waals surface area contributed by atoms with Gasteiger partial charge in [-0.2, -0.15) is 0 Å². The molecule has 1 unspecified atom stereocenters. The minimum absolute atomic E-state index is 0.305. The number of rotatable bonds is 3. The molecule has 14 heavy (non-hydrogen) atoms. The van der Waals surface area contributed by atoms with Crippen LogP contribution in [0, 0.1) is 0 Å². The van der Waals surface area contributed by atoms with Crippen LogP contribution in [0.5, 0.6) is 0 Å². The summed E-state index contributed by atoms with van der Waals surface area (Å²) in [6, 6.07) is 10.3. The van der Waals surface area contributed by atoms with Crippen molar-refractivity contribution < 1.29 is 4.74 Å². The van der Waals surface area contributed by atoms with E-state index in [1.807, 2.05) is 18.2 Å². The van der Waals surface area contributed by atoms with Crippen molar-refractivity contribution in [3.05, 3.63) is 47.5 Å². The van der Waals surface area contributed by atoms with Crippen LogP contribution in [-0.2, 0) is 10.3 Å². The Bertz CT molecular complexity index is 309. The van der Waals surface area contributed by atoms with Gasteiger partial charge in [0.15, 0.2) is 0 Å². The van der Waals surface area contributed by atoms with E-state index in [2.05, 4.69) is 39.0 Å². The van der Waals surface area contributed by atoms with E-state index in [4.69, 9.17) is 4.74 Å². The second kappa shape index (κ2) is 4.43. The van der Waals surface area contributed by atoms with Crippen molar-refractivity contribution in [2.24, 2.45) is 0 Å². The van der Waals surface area contributed by atoms with Crippen molar-refractivity contribution in [1.82, 2.24) is 0 Å². The molecule has 0 saturated heterocycles. The Labute approximate surface area is 86.4 Å². The van der Waals surface area contributed by atoms with E-state index >= 15 is 0 Å². The lowest BCUT2D eigenvalue weighted by Gasteiger charge is -2.25. The Morgan fingerprint density at radius 2 is 1.79 bits per heavy atom. The Balaban J connectivity index is 3.08. The van der Waals surface area contributed by atoms with Crippen LogP contribution in [-0.4, -0.2) is 7.11 Å².